The van der Waals surface area contributed by atoms with Crippen LogP contribution in [0.4, 0.5) is 4.39 Å². The number of halogens is 1. The van der Waals surface area contributed by atoms with Gasteiger partial charge >= 0.3 is 5.97 Å². The average molecular weight is 231 g/mol. The number of rotatable bonds is 1. The highest BCUT2D eigenvalue weighted by atomic mass is 19.1. The lowest BCUT2D eigenvalue weighted by atomic mass is 9.93. The van der Waals surface area contributed by atoms with Crippen LogP contribution in [0.5, 0.6) is 0 Å². The van der Waals surface area contributed by atoms with Crippen molar-refractivity contribution in [1.82, 2.24) is 4.90 Å². The first-order valence-corrected chi connectivity index (χ1v) is 5.34. The molecule has 1 heterocycles. The summed E-state index contributed by atoms with van der Waals surface area (Å²) in [6.07, 6.45) is -1.26. The third-order valence-corrected chi connectivity index (χ3v) is 2.93. The Morgan fingerprint density at radius 1 is 1.38 bits per heavy atom. The number of carboxylic acid groups (broad SMARTS) is 1. The lowest BCUT2D eigenvalue weighted by molar-refractivity contribution is -0.152. The molecule has 92 valence electrons. The Kier molecular flexibility index (Phi) is 3.26. The maximum atomic E-state index is 13.5. The van der Waals surface area contributed by atoms with Crippen LogP contribution in [0.25, 0.3) is 0 Å². The van der Waals surface area contributed by atoms with Crippen molar-refractivity contribution in [1.29, 1.82) is 0 Å². The number of carboxylic acids is 1. The Labute approximate surface area is 94.4 Å². The molecule has 1 saturated heterocycles. The van der Waals surface area contributed by atoms with Crippen molar-refractivity contribution < 1.29 is 19.1 Å². The van der Waals surface area contributed by atoms with Crippen LogP contribution in [-0.4, -0.2) is 40.6 Å². The van der Waals surface area contributed by atoms with Crippen LogP contribution >= 0.6 is 0 Å². The lowest BCUT2D eigenvalue weighted by Gasteiger charge is -2.29. The normalized spacial score (nSPS) is 30.6. The number of alkyl halides is 1. The zero-order valence-electron chi connectivity index (χ0n) is 10.0. The minimum atomic E-state index is -1.26. The highest BCUT2D eigenvalue weighted by Gasteiger charge is 2.47. The van der Waals surface area contributed by atoms with Crippen LogP contribution in [-0.2, 0) is 9.59 Å². The molecule has 1 fully saturated rings. The predicted molar refractivity (Wildman–Crippen MR) is 56.7 cm³/mol. The topological polar surface area (TPSA) is 57.6 Å². The summed E-state index contributed by atoms with van der Waals surface area (Å²) in [6, 6.07) is -1.04. The van der Waals surface area contributed by atoms with E-state index in [1.54, 1.807) is 20.8 Å². The van der Waals surface area contributed by atoms with Gasteiger partial charge in [0, 0.05) is 11.3 Å². The summed E-state index contributed by atoms with van der Waals surface area (Å²) in [5.41, 5.74) is -0.683. The van der Waals surface area contributed by atoms with E-state index in [1.807, 2.05) is 0 Å². The molecule has 1 N–H and O–H groups in total. The molecular weight excluding hydrogens is 213 g/mol. The molecule has 4 nitrogen and oxygen atoms in total. The van der Waals surface area contributed by atoms with Crippen molar-refractivity contribution >= 4 is 11.9 Å². The zero-order chi connectivity index (χ0) is 12.7. The van der Waals surface area contributed by atoms with Crippen LogP contribution < -0.4 is 0 Å². The van der Waals surface area contributed by atoms with E-state index in [0.29, 0.717) is 0 Å². The van der Waals surface area contributed by atoms with Crippen LogP contribution in [0, 0.1) is 11.3 Å². The number of carbonyl (C=O) groups is 2. The Bertz CT molecular complexity index is 311. The molecule has 1 amide bonds. The average Bonchev–Trinajstić information content (AvgIpc) is 2.40. The van der Waals surface area contributed by atoms with Crippen molar-refractivity contribution in [2.75, 3.05) is 6.54 Å². The van der Waals surface area contributed by atoms with Gasteiger partial charge in [0.15, 0.2) is 0 Å². The van der Waals surface area contributed by atoms with E-state index in [-0.39, 0.29) is 12.5 Å². The highest BCUT2D eigenvalue weighted by molar-refractivity contribution is 5.87. The van der Waals surface area contributed by atoms with Gasteiger partial charge in [-0.2, -0.15) is 0 Å². The van der Waals surface area contributed by atoms with Gasteiger partial charge in [-0.25, -0.2) is 9.18 Å². The van der Waals surface area contributed by atoms with Crippen LogP contribution in [0.2, 0.25) is 0 Å². The maximum Gasteiger partial charge on any atom is 0.326 e. The molecular formula is C11H18FNO3. The lowest BCUT2D eigenvalue weighted by Crippen LogP contribution is -2.47. The molecule has 3 atom stereocenters. The second-order valence-electron chi connectivity index (χ2n) is 5.37. The molecule has 0 unspecified atom stereocenters. The third-order valence-electron chi connectivity index (χ3n) is 2.93. The van der Waals surface area contributed by atoms with E-state index >= 15 is 0 Å². The molecule has 0 radical (unpaired) electrons. The fourth-order valence-corrected chi connectivity index (χ4v) is 1.95. The van der Waals surface area contributed by atoms with Crippen molar-refractivity contribution in [3.05, 3.63) is 0 Å². The van der Waals surface area contributed by atoms with Gasteiger partial charge in [-0.15, -0.1) is 0 Å². The first-order chi connectivity index (χ1) is 7.16. The SMILES string of the molecule is C[C@@H]1[C@H](F)CN(C(=O)C(C)(C)C)[C@@H]1C(=O)O. The van der Waals surface area contributed by atoms with Crippen molar-refractivity contribution in [3.8, 4) is 0 Å². The summed E-state index contributed by atoms with van der Waals surface area (Å²) in [5.74, 6) is -2.10. The van der Waals surface area contributed by atoms with E-state index in [2.05, 4.69) is 0 Å². The number of aliphatic carboxylic acids is 1. The Morgan fingerprint density at radius 2 is 1.88 bits per heavy atom. The van der Waals surface area contributed by atoms with E-state index in [0.717, 1.165) is 4.90 Å². The zero-order valence-corrected chi connectivity index (χ0v) is 10.0. The molecule has 0 aromatic rings. The fourth-order valence-electron chi connectivity index (χ4n) is 1.95. The van der Waals surface area contributed by atoms with E-state index < -0.39 is 29.5 Å². The number of hydrogen-bond acceptors (Lipinski definition) is 2. The summed E-state index contributed by atoms with van der Waals surface area (Å²) >= 11 is 0. The van der Waals surface area contributed by atoms with E-state index in [4.69, 9.17) is 5.11 Å². The second kappa shape index (κ2) is 4.03. The first kappa shape index (κ1) is 12.9. The van der Waals surface area contributed by atoms with Gasteiger partial charge in [0.05, 0.1) is 6.54 Å². The monoisotopic (exact) mass is 231 g/mol. The quantitative estimate of drug-likeness (QED) is 0.740. The molecule has 0 bridgehead atoms. The second-order valence-corrected chi connectivity index (χ2v) is 5.37. The van der Waals surface area contributed by atoms with Crippen LogP contribution in [0.15, 0.2) is 0 Å². The summed E-state index contributed by atoms with van der Waals surface area (Å²) in [5, 5.41) is 9.03. The molecule has 0 spiro atoms. The Morgan fingerprint density at radius 3 is 2.25 bits per heavy atom. The predicted octanol–water partition coefficient (Wildman–Crippen LogP) is 1.30. The van der Waals surface area contributed by atoms with Gasteiger partial charge in [-0.3, -0.25) is 4.79 Å². The van der Waals surface area contributed by atoms with Crippen molar-refractivity contribution in [2.45, 2.75) is 39.9 Å². The number of amides is 1. The number of carbonyl (C=O) groups excluding carboxylic acids is 1. The van der Waals surface area contributed by atoms with Crippen molar-refractivity contribution in [3.63, 3.8) is 0 Å². The largest absolute Gasteiger partial charge is 0.480 e. The molecule has 1 aliphatic rings. The summed E-state index contributed by atoms with van der Waals surface area (Å²) in [6.45, 7) is 6.51. The van der Waals surface area contributed by atoms with Crippen molar-refractivity contribution in [2.24, 2.45) is 11.3 Å². The summed E-state index contributed by atoms with van der Waals surface area (Å²) in [7, 11) is 0. The van der Waals surface area contributed by atoms with Gasteiger partial charge in [0.1, 0.15) is 12.2 Å². The van der Waals surface area contributed by atoms with Crippen LogP contribution in [0.1, 0.15) is 27.7 Å². The van der Waals surface area contributed by atoms with Gasteiger partial charge < -0.3 is 10.0 Å². The van der Waals surface area contributed by atoms with Gasteiger partial charge in [0.2, 0.25) is 5.91 Å². The molecule has 16 heavy (non-hydrogen) atoms. The molecule has 1 aliphatic heterocycles. The molecule has 0 aliphatic carbocycles. The minimum absolute atomic E-state index is 0.117. The molecule has 1 rings (SSSR count). The number of hydrogen-bond donors (Lipinski definition) is 1. The number of nitrogens with zero attached hydrogens (tertiary/aromatic N) is 1. The molecule has 5 heteroatoms. The first-order valence-electron chi connectivity index (χ1n) is 5.34. The van der Waals surface area contributed by atoms with Crippen LogP contribution in [0.3, 0.4) is 0 Å². The standard InChI is InChI=1S/C11H18FNO3/c1-6-7(12)5-13(8(6)9(14)15)10(16)11(2,3)4/h6-8H,5H2,1-4H3,(H,14,15)/t6-,7-,8+/m1/s1. The third kappa shape index (κ3) is 2.18. The molecule has 0 aromatic carbocycles. The van der Waals surface area contributed by atoms with E-state index in [1.165, 1.54) is 6.92 Å². The van der Waals surface area contributed by atoms with E-state index in [9.17, 15) is 14.0 Å². The Balaban J connectivity index is 2.96. The molecule has 0 aromatic heterocycles. The van der Waals surface area contributed by atoms with Gasteiger partial charge in [0.25, 0.3) is 0 Å². The highest BCUT2D eigenvalue weighted by Crippen LogP contribution is 2.31. The smallest absolute Gasteiger partial charge is 0.326 e. The summed E-state index contributed by atoms with van der Waals surface area (Å²) in [4.78, 5) is 24.2. The summed E-state index contributed by atoms with van der Waals surface area (Å²) < 4.78 is 13.5. The number of likely N-dealkylation sites (tertiary alicyclic amines) is 1. The van der Waals surface area contributed by atoms with Gasteiger partial charge in [-0.05, 0) is 0 Å². The van der Waals surface area contributed by atoms with Gasteiger partial charge in [-0.1, -0.05) is 27.7 Å². The Hall–Kier alpha value is -1.13. The molecule has 0 saturated carbocycles. The minimum Gasteiger partial charge on any atom is -0.480 e. The maximum absolute atomic E-state index is 13.5. The fraction of sp³-hybridized carbons (Fsp3) is 0.818.